The second kappa shape index (κ2) is 6.35. The van der Waals surface area contributed by atoms with E-state index in [0.29, 0.717) is 5.92 Å². The average Bonchev–Trinajstić information content (AvgIpc) is 1.98. The first-order valence-electron chi connectivity index (χ1n) is 3.72. The summed E-state index contributed by atoms with van der Waals surface area (Å²) in [6.45, 7) is 4.20. The Morgan fingerprint density at radius 1 is 1.40 bits per heavy atom. The van der Waals surface area contributed by atoms with Gasteiger partial charge in [-0.2, -0.15) is 0 Å². The van der Waals surface area contributed by atoms with Crippen molar-refractivity contribution in [2.75, 3.05) is 0 Å². The van der Waals surface area contributed by atoms with Gasteiger partial charge in [-0.1, -0.05) is 26.2 Å². The summed E-state index contributed by atoms with van der Waals surface area (Å²) in [4.78, 5) is 9.73. The van der Waals surface area contributed by atoms with E-state index in [9.17, 15) is 4.79 Å². The molecule has 0 aromatic rings. The molecule has 1 atom stereocenters. The smallest absolute Gasteiger partial charge is 0.275 e. The minimum atomic E-state index is 0.395. The molecule has 0 heterocycles. The molecule has 0 saturated heterocycles. The van der Waals surface area contributed by atoms with Crippen LogP contribution in [0.3, 0.4) is 0 Å². The normalized spacial score (nSPS) is 11.4. The van der Waals surface area contributed by atoms with Crippen molar-refractivity contribution in [2.24, 2.45) is 5.92 Å². The van der Waals surface area contributed by atoms with Gasteiger partial charge < -0.3 is 0 Å². The van der Waals surface area contributed by atoms with Crippen molar-refractivity contribution < 1.29 is 4.79 Å². The van der Waals surface area contributed by atoms with Crippen LogP contribution in [-0.2, 0) is 4.79 Å². The molecular weight excluding hydrogens is 124 g/mol. The van der Waals surface area contributed by atoms with Gasteiger partial charge in [-0.15, -0.1) is 0 Å². The highest BCUT2D eigenvalue weighted by Crippen LogP contribution is 2.07. The quantitative estimate of drug-likeness (QED) is 0.543. The van der Waals surface area contributed by atoms with E-state index in [-0.39, 0.29) is 0 Å². The Hall–Kier alpha value is -0.770. The molecule has 0 aromatic heterocycles. The summed E-state index contributed by atoms with van der Waals surface area (Å²) in [5, 5.41) is 0. The molecule has 0 aliphatic heterocycles. The second-order valence-corrected chi connectivity index (χ2v) is 2.27. The van der Waals surface area contributed by atoms with E-state index < -0.39 is 0 Å². The van der Waals surface area contributed by atoms with E-state index in [1.54, 1.807) is 6.29 Å². The molecule has 1 unspecified atom stereocenters. The van der Waals surface area contributed by atoms with E-state index in [4.69, 9.17) is 0 Å². The van der Waals surface area contributed by atoms with Gasteiger partial charge in [-0.05, 0) is 18.8 Å². The number of rotatable bonds is 3. The predicted octanol–water partition coefficient (Wildman–Crippen LogP) is 1.93. The van der Waals surface area contributed by atoms with Crippen LogP contribution < -0.4 is 0 Å². The molecule has 0 saturated carbocycles. The van der Waals surface area contributed by atoms with Gasteiger partial charge in [0.1, 0.15) is 0 Å². The van der Waals surface area contributed by atoms with Gasteiger partial charge in [-0.25, -0.2) is 0 Å². The first-order valence-corrected chi connectivity index (χ1v) is 3.72. The number of carbonyl (C=O) groups excluding carboxylic acids is 1. The highest BCUT2D eigenvalue weighted by molar-refractivity contribution is 5.73. The summed E-state index contributed by atoms with van der Waals surface area (Å²) in [6.07, 6.45) is 4.83. The first kappa shape index (κ1) is 9.23. The monoisotopic (exact) mass is 137 g/mol. The molecule has 0 aliphatic rings. The summed E-state index contributed by atoms with van der Waals surface area (Å²) in [7, 11) is 0. The van der Waals surface area contributed by atoms with E-state index in [2.05, 4.69) is 25.7 Å². The summed E-state index contributed by atoms with van der Waals surface area (Å²) in [5.41, 5.74) is 0. The van der Waals surface area contributed by atoms with Crippen LogP contribution in [-0.4, -0.2) is 6.29 Å². The Kier molecular flexibility index (Phi) is 5.86. The van der Waals surface area contributed by atoms with Crippen molar-refractivity contribution in [1.82, 2.24) is 0 Å². The minimum absolute atomic E-state index is 0.395. The van der Waals surface area contributed by atoms with Gasteiger partial charge in [0.2, 0.25) is 0 Å². The minimum Gasteiger partial charge on any atom is -0.275 e. The van der Waals surface area contributed by atoms with E-state index in [1.807, 2.05) is 0 Å². The third-order valence-corrected chi connectivity index (χ3v) is 1.46. The van der Waals surface area contributed by atoms with Crippen LogP contribution in [0.2, 0.25) is 0 Å². The fourth-order valence-corrected chi connectivity index (χ4v) is 0.858. The summed E-state index contributed by atoms with van der Waals surface area (Å²) < 4.78 is 0. The molecule has 0 amide bonds. The van der Waals surface area contributed by atoms with Crippen LogP contribution in [0.25, 0.3) is 0 Å². The molecule has 0 fully saturated rings. The Bertz CT molecular complexity index is 139. The van der Waals surface area contributed by atoms with Crippen molar-refractivity contribution in [1.29, 1.82) is 0 Å². The highest BCUT2D eigenvalue weighted by atomic mass is 16.1. The van der Waals surface area contributed by atoms with Crippen molar-refractivity contribution in [3.63, 3.8) is 0 Å². The maximum absolute atomic E-state index is 9.73. The maximum atomic E-state index is 9.73. The Balaban J connectivity index is 3.69. The van der Waals surface area contributed by atoms with Crippen molar-refractivity contribution in [3.8, 4) is 11.8 Å². The van der Waals surface area contributed by atoms with E-state index in [0.717, 1.165) is 19.3 Å². The van der Waals surface area contributed by atoms with Crippen LogP contribution >= 0.6 is 0 Å². The van der Waals surface area contributed by atoms with Crippen LogP contribution in [0, 0.1) is 17.8 Å². The largest absolute Gasteiger partial charge is 0.284 e. The summed E-state index contributed by atoms with van der Waals surface area (Å²) in [6, 6.07) is 0. The summed E-state index contributed by atoms with van der Waals surface area (Å²) in [5.74, 6) is 5.57. The van der Waals surface area contributed by atoms with E-state index >= 15 is 0 Å². The summed E-state index contributed by atoms with van der Waals surface area (Å²) >= 11 is 0. The van der Waals surface area contributed by atoms with Crippen molar-refractivity contribution in [3.05, 3.63) is 0 Å². The molecule has 1 heteroatoms. The Morgan fingerprint density at radius 2 is 2.10 bits per heavy atom. The second-order valence-electron chi connectivity index (χ2n) is 2.27. The number of hydrogen-bond donors (Lipinski definition) is 0. The standard InChI is InChI=1S/C9H13O/c1-3-6-9(4-2)7-5-8-10/h9H,3-4,6H2,1-2H3. The molecule has 0 aromatic carbocycles. The molecule has 55 valence electrons. The van der Waals surface area contributed by atoms with Crippen LogP contribution in [0.15, 0.2) is 0 Å². The lowest BCUT2D eigenvalue weighted by molar-refractivity contribution is 0.564. The molecular formula is C9H13O. The topological polar surface area (TPSA) is 17.1 Å². The molecule has 0 bridgehead atoms. The molecule has 1 radical (unpaired) electrons. The number of hydrogen-bond acceptors (Lipinski definition) is 1. The molecule has 0 aliphatic carbocycles. The lowest BCUT2D eigenvalue weighted by Crippen LogP contribution is -1.93. The third-order valence-electron chi connectivity index (χ3n) is 1.46. The highest BCUT2D eigenvalue weighted by Gasteiger charge is 1.97. The lowest BCUT2D eigenvalue weighted by Gasteiger charge is -2.02. The molecule has 0 rings (SSSR count). The van der Waals surface area contributed by atoms with Crippen LogP contribution in [0.4, 0.5) is 0 Å². The van der Waals surface area contributed by atoms with Crippen molar-refractivity contribution >= 4 is 6.29 Å². The zero-order valence-corrected chi connectivity index (χ0v) is 6.61. The Morgan fingerprint density at radius 3 is 2.50 bits per heavy atom. The van der Waals surface area contributed by atoms with Gasteiger partial charge in [0.15, 0.2) is 0 Å². The van der Waals surface area contributed by atoms with Gasteiger partial charge in [0.05, 0.1) is 0 Å². The predicted molar refractivity (Wildman–Crippen MR) is 42.2 cm³/mol. The van der Waals surface area contributed by atoms with Gasteiger partial charge in [-0.3, -0.25) is 4.79 Å². The van der Waals surface area contributed by atoms with Crippen molar-refractivity contribution in [2.45, 2.75) is 33.1 Å². The fourth-order valence-electron chi connectivity index (χ4n) is 0.858. The fraction of sp³-hybridized carbons (Fsp3) is 0.667. The van der Waals surface area contributed by atoms with Crippen LogP contribution in [0.1, 0.15) is 33.1 Å². The molecule has 10 heavy (non-hydrogen) atoms. The third kappa shape index (κ3) is 4.14. The zero-order valence-electron chi connectivity index (χ0n) is 6.61. The van der Waals surface area contributed by atoms with E-state index in [1.165, 1.54) is 0 Å². The Labute approximate surface area is 62.8 Å². The first-order chi connectivity index (χ1) is 4.85. The zero-order chi connectivity index (χ0) is 7.82. The SMILES string of the molecule is CCCC(C#C[C]=O)CC. The van der Waals surface area contributed by atoms with Crippen LogP contribution in [0.5, 0.6) is 0 Å². The average molecular weight is 137 g/mol. The molecule has 0 N–H and O–H groups in total. The lowest BCUT2D eigenvalue weighted by atomic mass is 10.0. The van der Waals surface area contributed by atoms with Gasteiger partial charge in [0.25, 0.3) is 6.29 Å². The maximum Gasteiger partial charge on any atom is 0.284 e. The molecule has 0 spiro atoms. The molecule has 1 nitrogen and oxygen atoms in total. The van der Waals surface area contributed by atoms with Gasteiger partial charge >= 0.3 is 0 Å². The van der Waals surface area contributed by atoms with Gasteiger partial charge in [0, 0.05) is 5.92 Å².